The fraction of sp³-hybridized carbons (Fsp3) is 0.562. The third-order valence-electron chi connectivity index (χ3n) is 3.76. The van der Waals surface area contributed by atoms with Crippen molar-refractivity contribution in [1.29, 1.82) is 0 Å². The van der Waals surface area contributed by atoms with Crippen LogP contribution in [0.1, 0.15) is 31.2 Å². The lowest BCUT2D eigenvalue weighted by Crippen LogP contribution is -2.35. The molecule has 0 radical (unpaired) electrons. The van der Waals surface area contributed by atoms with E-state index in [1.54, 1.807) is 0 Å². The Labute approximate surface area is 115 Å². The van der Waals surface area contributed by atoms with Gasteiger partial charge in [0.25, 0.3) is 0 Å². The van der Waals surface area contributed by atoms with E-state index in [4.69, 9.17) is 0 Å². The molecule has 1 saturated heterocycles. The first-order valence-corrected chi connectivity index (χ1v) is 7.36. The highest BCUT2D eigenvalue weighted by Gasteiger charge is 2.13. The molecule has 1 aliphatic heterocycles. The predicted octanol–water partition coefficient (Wildman–Crippen LogP) is 2.13. The second kappa shape index (κ2) is 7.95. The number of hydrogen-bond donors (Lipinski definition) is 2. The molecule has 1 heterocycles. The maximum Gasteiger partial charge on any atom is 0.220 e. The molecule has 1 aliphatic rings. The third-order valence-corrected chi connectivity index (χ3v) is 3.76. The molecular formula is C16H24N2O. The Morgan fingerprint density at radius 1 is 1.21 bits per heavy atom. The Kier molecular flexibility index (Phi) is 5.89. The van der Waals surface area contributed by atoms with Gasteiger partial charge in [-0.25, -0.2) is 0 Å². The molecule has 0 atom stereocenters. The van der Waals surface area contributed by atoms with Gasteiger partial charge in [-0.15, -0.1) is 0 Å². The largest absolute Gasteiger partial charge is 0.356 e. The van der Waals surface area contributed by atoms with Crippen molar-refractivity contribution in [3.63, 3.8) is 0 Å². The highest BCUT2D eigenvalue weighted by molar-refractivity contribution is 5.75. The quantitative estimate of drug-likeness (QED) is 0.822. The van der Waals surface area contributed by atoms with Crippen LogP contribution in [0.4, 0.5) is 0 Å². The van der Waals surface area contributed by atoms with Crippen LogP contribution in [0.5, 0.6) is 0 Å². The molecule has 0 unspecified atom stereocenters. The van der Waals surface area contributed by atoms with Gasteiger partial charge in [0, 0.05) is 13.0 Å². The van der Waals surface area contributed by atoms with Gasteiger partial charge in [0.05, 0.1) is 0 Å². The molecule has 1 aromatic rings. The summed E-state index contributed by atoms with van der Waals surface area (Å²) in [5.41, 5.74) is 1.31. The van der Waals surface area contributed by atoms with Gasteiger partial charge in [0.2, 0.25) is 5.91 Å². The van der Waals surface area contributed by atoms with Gasteiger partial charge in [-0.05, 0) is 50.3 Å². The molecule has 0 spiro atoms. The molecule has 3 nitrogen and oxygen atoms in total. The molecule has 2 rings (SSSR count). The third kappa shape index (κ3) is 5.43. The topological polar surface area (TPSA) is 41.1 Å². The fourth-order valence-corrected chi connectivity index (χ4v) is 2.53. The number of rotatable bonds is 6. The van der Waals surface area contributed by atoms with Crippen LogP contribution in [-0.4, -0.2) is 25.5 Å². The number of benzene rings is 1. The van der Waals surface area contributed by atoms with Gasteiger partial charge < -0.3 is 10.6 Å². The fourth-order valence-electron chi connectivity index (χ4n) is 2.53. The first-order chi connectivity index (χ1) is 9.34. The molecule has 0 aromatic heterocycles. The summed E-state index contributed by atoms with van der Waals surface area (Å²) in [5.74, 6) is 0.869. The molecule has 104 valence electrons. The first-order valence-electron chi connectivity index (χ1n) is 7.36. The summed E-state index contributed by atoms with van der Waals surface area (Å²) in [6.45, 7) is 3.04. The summed E-state index contributed by atoms with van der Waals surface area (Å²) in [6, 6.07) is 10.4. The van der Waals surface area contributed by atoms with Crippen molar-refractivity contribution in [3.05, 3.63) is 35.9 Å². The summed E-state index contributed by atoms with van der Waals surface area (Å²) in [7, 11) is 0. The van der Waals surface area contributed by atoms with E-state index >= 15 is 0 Å². The van der Waals surface area contributed by atoms with Gasteiger partial charge >= 0.3 is 0 Å². The number of carbonyl (C=O) groups is 1. The zero-order chi connectivity index (χ0) is 13.3. The van der Waals surface area contributed by atoms with Crippen LogP contribution in [0.15, 0.2) is 30.3 Å². The van der Waals surface area contributed by atoms with Crippen LogP contribution < -0.4 is 10.6 Å². The molecule has 0 bridgehead atoms. The Morgan fingerprint density at radius 3 is 2.68 bits per heavy atom. The van der Waals surface area contributed by atoms with E-state index in [-0.39, 0.29) is 5.91 Å². The normalized spacial score (nSPS) is 16.2. The number of carbonyl (C=O) groups excluding carboxylic acids is 1. The minimum atomic E-state index is 0.203. The number of aryl methyl sites for hydroxylation is 1. The molecule has 2 N–H and O–H groups in total. The minimum absolute atomic E-state index is 0.203. The van der Waals surface area contributed by atoms with E-state index in [9.17, 15) is 4.79 Å². The number of piperidine rings is 1. The van der Waals surface area contributed by atoms with E-state index in [0.717, 1.165) is 32.5 Å². The first kappa shape index (κ1) is 14.1. The molecular weight excluding hydrogens is 236 g/mol. The SMILES string of the molecule is O=C(CCCc1ccccc1)NCC1CCNCC1. The average Bonchev–Trinajstić information content (AvgIpc) is 2.47. The van der Waals surface area contributed by atoms with E-state index in [0.29, 0.717) is 12.3 Å². The van der Waals surface area contributed by atoms with Crippen molar-refractivity contribution in [3.8, 4) is 0 Å². The summed E-state index contributed by atoms with van der Waals surface area (Å²) in [5, 5.41) is 6.41. The molecule has 3 heteroatoms. The van der Waals surface area contributed by atoms with E-state index in [2.05, 4.69) is 22.8 Å². The van der Waals surface area contributed by atoms with Crippen molar-refractivity contribution in [2.75, 3.05) is 19.6 Å². The highest BCUT2D eigenvalue weighted by Crippen LogP contribution is 2.10. The molecule has 0 aliphatic carbocycles. The molecule has 19 heavy (non-hydrogen) atoms. The Morgan fingerprint density at radius 2 is 1.95 bits per heavy atom. The second-order valence-electron chi connectivity index (χ2n) is 5.34. The maximum absolute atomic E-state index is 11.7. The van der Waals surface area contributed by atoms with Crippen molar-refractivity contribution in [2.45, 2.75) is 32.1 Å². The van der Waals surface area contributed by atoms with Gasteiger partial charge in [-0.2, -0.15) is 0 Å². The van der Waals surface area contributed by atoms with Gasteiger partial charge in [-0.1, -0.05) is 30.3 Å². The molecule has 1 aromatic carbocycles. The lowest BCUT2D eigenvalue weighted by molar-refractivity contribution is -0.121. The van der Waals surface area contributed by atoms with E-state index in [1.165, 1.54) is 18.4 Å². The Balaban J connectivity index is 1.57. The van der Waals surface area contributed by atoms with Crippen LogP contribution >= 0.6 is 0 Å². The van der Waals surface area contributed by atoms with Crippen LogP contribution in [0.3, 0.4) is 0 Å². The van der Waals surface area contributed by atoms with Gasteiger partial charge in [-0.3, -0.25) is 4.79 Å². The zero-order valence-corrected chi connectivity index (χ0v) is 11.5. The monoisotopic (exact) mass is 260 g/mol. The zero-order valence-electron chi connectivity index (χ0n) is 11.5. The standard InChI is InChI=1S/C16H24N2O/c19-16(18-13-15-9-11-17-12-10-15)8-4-7-14-5-2-1-3-6-14/h1-3,5-6,15,17H,4,7-13H2,(H,18,19). The van der Waals surface area contributed by atoms with Crippen molar-refractivity contribution in [2.24, 2.45) is 5.92 Å². The Hall–Kier alpha value is -1.35. The summed E-state index contributed by atoms with van der Waals surface area (Å²) in [6.07, 6.45) is 4.93. The smallest absolute Gasteiger partial charge is 0.220 e. The van der Waals surface area contributed by atoms with Gasteiger partial charge in [0.15, 0.2) is 0 Å². The van der Waals surface area contributed by atoms with Crippen LogP contribution in [-0.2, 0) is 11.2 Å². The second-order valence-corrected chi connectivity index (χ2v) is 5.34. The lowest BCUT2D eigenvalue weighted by Gasteiger charge is -2.22. The molecule has 0 saturated carbocycles. The van der Waals surface area contributed by atoms with E-state index < -0.39 is 0 Å². The highest BCUT2D eigenvalue weighted by atomic mass is 16.1. The molecule has 1 amide bonds. The van der Waals surface area contributed by atoms with E-state index in [1.807, 2.05) is 18.2 Å². The maximum atomic E-state index is 11.7. The minimum Gasteiger partial charge on any atom is -0.356 e. The van der Waals surface area contributed by atoms with Crippen molar-refractivity contribution < 1.29 is 4.79 Å². The summed E-state index contributed by atoms with van der Waals surface area (Å²) < 4.78 is 0. The van der Waals surface area contributed by atoms with Crippen LogP contribution in [0.2, 0.25) is 0 Å². The lowest BCUT2D eigenvalue weighted by atomic mass is 9.98. The van der Waals surface area contributed by atoms with Crippen molar-refractivity contribution >= 4 is 5.91 Å². The summed E-state index contributed by atoms with van der Waals surface area (Å²) in [4.78, 5) is 11.7. The number of amides is 1. The molecule has 1 fully saturated rings. The predicted molar refractivity (Wildman–Crippen MR) is 78.0 cm³/mol. The average molecular weight is 260 g/mol. The van der Waals surface area contributed by atoms with Crippen LogP contribution in [0.25, 0.3) is 0 Å². The number of nitrogens with one attached hydrogen (secondary N) is 2. The number of hydrogen-bond acceptors (Lipinski definition) is 2. The van der Waals surface area contributed by atoms with Crippen molar-refractivity contribution in [1.82, 2.24) is 10.6 Å². The summed E-state index contributed by atoms with van der Waals surface area (Å²) >= 11 is 0. The Bertz CT molecular complexity index is 372. The van der Waals surface area contributed by atoms with Gasteiger partial charge in [0.1, 0.15) is 0 Å². The van der Waals surface area contributed by atoms with Crippen LogP contribution in [0, 0.1) is 5.92 Å².